The van der Waals surface area contributed by atoms with Crippen LogP contribution >= 0.6 is 0 Å². The Hall–Kier alpha value is -1.33. The quantitative estimate of drug-likeness (QED) is 0.788. The van der Waals surface area contributed by atoms with Crippen LogP contribution in [0.5, 0.6) is 0 Å². The lowest BCUT2D eigenvalue weighted by atomic mass is 9.77. The van der Waals surface area contributed by atoms with Gasteiger partial charge in [-0.2, -0.15) is 0 Å². The molecule has 2 aliphatic heterocycles. The summed E-state index contributed by atoms with van der Waals surface area (Å²) in [5.74, 6) is 0.205. The van der Waals surface area contributed by atoms with E-state index in [2.05, 4.69) is 47.6 Å². The molecule has 1 saturated heterocycles. The van der Waals surface area contributed by atoms with Crippen LogP contribution in [-0.4, -0.2) is 30.3 Å². The van der Waals surface area contributed by atoms with E-state index in [-0.39, 0.29) is 30.3 Å². The first-order valence-corrected chi connectivity index (χ1v) is 8.43. The number of hydrogen-bond acceptors (Lipinski definition) is 3. The van der Waals surface area contributed by atoms with Crippen molar-refractivity contribution in [2.45, 2.75) is 71.6 Å². The van der Waals surface area contributed by atoms with Crippen LogP contribution in [0.3, 0.4) is 0 Å². The predicted molar refractivity (Wildman–Crippen MR) is 93.1 cm³/mol. The van der Waals surface area contributed by atoms with Crippen molar-refractivity contribution in [3.63, 3.8) is 0 Å². The third kappa shape index (κ3) is 2.70. The second kappa shape index (κ2) is 5.35. The molecule has 0 aromatic heterocycles. The number of anilines is 1. The van der Waals surface area contributed by atoms with Crippen LogP contribution in [0.25, 0.3) is 0 Å². The first-order valence-electron chi connectivity index (χ1n) is 8.43. The highest BCUT2D eigenvalue weighted by molar-refractivity contribution is 6.62. The van der Waals surface area contributed by atoms with Gasteiger partial charge < -0.3 is 14.2 Å². The van der Waals surface area contributed by atoms with E-state index in [0.717, 1.165) is 17.6 Å². The summed E-state index contributed by atoms with van der Waals surface area (Å²) in [4.78, 5) is 14.1. The number of carbonyl (C=O) groups is 1. The zero-order chi connectivity index (χ0) is 17.0. The van der Waals surface area contributed by atoms with E-state index < -0.39 is 0 Å². The first kappa shape index (κ1) is 16.5. The Labute approximate surface area is 139 Å². The monoisotopic (exact) mass is 315 g/mol. The molecular formula is C18H26BNO3. The summed E-state index contributed by atoms with van der Waals surface area (Å²) in [5.41, 5.74) is 2.57. The summed E-state index contributed by atoms with van der Waals surface area (Å²) in [5, 5.41) is 0. The molecule has 0 unspecified atom stereocenters. The lowest BCUT2D eigenvalue weighted by molar-refractivity contribution is -0.119. The number of amides is 1. The van der Waals surface area contributed by atoms with Crippen molar-refractivity contribution in [3.8, 4) is 0 Å². The van der Waals surface area contributed by atoms with Gasteiger partial charge in [-0.05, 0) is 65.1 Å². The fraction of sp³-hybridized carbons (Fsp3) is 0.611. The molecule has 0 N–H and O–H groups in total. The van der Waals surface area contributed by atoms with E-state index in [1.54, 1.807) is 0 Å². The molecule has 1 aromatic carbocycles. The van der Waals surface area contributed by atoms with E-state index in [0.29, 0.717) is 6.42 Å². The van der Waals surface area contributed by atoms with E-state index in [1.165, 1.54) is 5.56 Å². The van der Waals surface area contributed by atoms with Gasteiger partial charge in [-0.1, -0.05) is 12.1 Å². The van der Waals surface area contributed by atoms with Crippen LogP contribution in [-0.2, 0) is 20.5 Å². The van der Waals surface area contributed by atoms with E-state index in [9.17, 15) is 4.79 Å². The molecule has 2 aliphatic rings. The number of rotatable bonds is 2. The summed E-state index contributed by atoms with van der Waals surface area (Å²) < 4.78 is 12.3. The molecule has 0 radical (unpaired) electrons. The first-order chi connectivity index (χ1) is 10.6. The van der Waals surface area contributed by atoms with Gasteiger partial charge in [0, 0.05) is 18.2 Å². The van der Waals surface area contributed by atoms with Crippen molar-refractivity contribution in [1.29, 1.82) is 0 Å². The molecule has 1 fully saturated rings. The van der Waals surface area contributed by atoms with Gasteiger partial charge in [-0.25, -0.2) is 0 Å². The molecule has 0 saturated carbocycles. The minimum absolute atomic E-state index is 0.171. The highest BCUT2D eigenvalue weighted by atomic mass is 16.7. The Morgan fingerprint density at radius 2 is 1.70 bits per heavy atom. The number of nitrogens with zero attached hydrogens (tertiary/aromatic N) is 1. The fourth-order valence-corrected chi connectivity index (χ4v) is 3.23. The topological polar surface area (TPSA) is 38.8 Å². The van der Waals surface area contributed by atoms with Crippen molar-refractivity contribution in [1.82, 2.24) is 0 Å². The van der Waals surface area contributed by atoms with Crippen LogP contribution in [0.2, 0.25) is 0 Å². The molecule has 4 nitrogen and oxygen atoms in total. The maximum atomic E-state index is 12.2. The standard InChI is InChI=1S/C18H26BNO3/c1-12(2)20-15-9-8-14(11-13(15)7-10-16(20)21)19-22-17(3,4)18(5,6)23-19/h8-9,11-12H,7,10H2,1-6H3. The van der Waals surface area contributed by atoms with E-state index in [1.807, 2.05) is 17.0 Å². The molecule has 0 aliphatic carbocycles. The molecule has 0 atom stereocenters. The molecule has 0 spiro atoms. The van der Waals surface area contributed by atoms with Crippen LogP contribution in [0.1, 0.15) is 53.5 Å². The highest BCUT2D eigenvalue weighted by Crippen LogP contribution is 2.37. The number of carbonyl (C=O) groups excluding carboxylic acids is 1. The van der Waals surface area contributed by atoms with Gasteiger partial charge in [0.05, 0.1) is 11.2 Å². The smallest absolute Gasteiger partial charge is 0.399 e. The Kier molecular flexibility index (Phi) is 3.85. The summed E-state index contributed by atoms with van der Waals surface area (Å²) in [7, 11) is -0.351. The van der Waals surface area contributed by atoms with Gasteiger partial charge in [0.1, 0.15) is 0 Å². The molecule has 0 bridgehead atoms. The summed E-state index contributed by atoms with van der Waals surface area (Å²) in [6.07, 6.45) is 1.35. The third-order valence-corrected chi connectivity index (χ3v) is 5.28. The Bertz CT molecular complexity index is 623. The van der Waals surface area contributed by atoms with Crippen molar-refractivity contribution < 1.29 is 14.1 Å². The second-order valence-corrected chi connectivity index (χ2v) is 7.83. The lowest BCUT2D eigenvalue weighted by Gasteiger charge is -2.33. The zero-order valence-electron chi connectivity index (χ0n) is 15.0. The zero-order valence-corrected chi connectivity index (χ0v) is 15.0. The molecule has 1 amide bonds. The van der Waals surface area contributed by atoms with Crippen LogP contribution in [0.15, 0.2) is 18.2 Å². The maximum Gasteiger partial charge on any atom is 0.494 e. The van der Waals surface area contributed by atoms with Crippen molar-refractivity contribution in [3.05, 3.63) is 23.8 Å². The van der Waals surface area contributed by atoms with Crippen molar-refractivity contribution in [2.75, 3.05) is 4.90 Å². The minimum Gasteiger partial charge on any atom is -0.399 e. The lowest BCUT2D eigenvalue weighted by Crippen LogP contribution is -2.41. The largest absolute Gasteiger partial charge is 0.494 e. The average molecular weight is 315 g/mol. The van der Waals surface area contributed by atoms with Gasteiger partial charge in [0.25, 0.3) is 0 Å². The van der Waals surface area contributed by atoms with Crippen LogP contribution in [0, 0.1) is 0 Å². The minimum atomic E-state index is -0.351. The highest BCUT2D eigenvalue weighted by Gasteiger charge is 2.51. The summed E-state index contributed by atoms with van der Waals surface area (Å²) in [6.45, 7) is 12.3. The second-order valence-electron chi connectivity index (χ2n) is 7.83. The SMILES string of the molecule is CC(C)N1C(=O)CCc2cc(B3OC(C)(C)C(C)(C)O3)ccc21. The number of aryl methyl sites for hydroxylation is 1. The number of hydrogen-bond donors (Lipinski definition) is 0. The Morgan fingerprint density at radius 3 is 2.26 bits per heavy atom. The van der Waals surface area contributed by atoms with Crippen molar-refractivity contribution >= 4 is 24.2 Å². The van der Waals surface area contributed by atoms with Gasteiger partial charge in [0.2, 0.25) is 5.91 Å². The normalized spacial score (nSPS) is 22.7. The number of fused-ring (bicyclic) bond motifs is 1. The Morgan fingerprint density at radius 1 is 1.09 bits per heavy atom. The molecule has 124 valence electrons. The molecule has 23 heavy (non-hydrogen) atoms. The van der Waals surface area contributed by atoms with E-state index in [4.69, 9.17) is 9.31 Å². The predicted octanol–water partition coefficient (Wildman–Crippen LogP) is 2.67. The van der Waals surface area contributed by atoms with Gasteiger partial charge >= 0.3 is 7.12 Å². The fourth-order valence-electron chi connectivity index (χ4n) is 3.23. The molecule has 2 heterocycles. The summed E-state index contributed by atoms with van der Waals surface area (Å²) in [6, 6.07) is 6.37. The molecule has 1 aromatic rings. The van der Waals surface area contributed by atoms with Crippen LogP contribution in [0.4, 0.5) is 5.69 Å². The summed E-state index contributed by atoms with van der Waals surface area (Å²) >= 11 is 0. The van der Waals surface area contributed by atoms with Gasteiger partial charge in [-0.15, -0.1) is 0 Å². The van der Waals surface area contributed by atoms with Gasteiger partial charge in [-0.3, -0.25) is 4.79 Å². The molecule has 5 heteroatoms. The molecular weight excluding hydrogens is 289 g/mol. The molecule has 3 rings (SSSR count). The van der Waals surface area contributed by atoms with Gasteiger partial charge in [0.15, 0.2) is 0 Å². The maximum absolute atomic E-state index is 12.2. The Balaban J connectivity index is 1.92. The average Bonchev–Trinajstić information content (AvgIpc) is 2.66. The third-order valence-electron chi connectivity index (χ3n) is 5.28. The number of benzene rings is 1. The van der Waals surface area contributed by atoms with Crippen molar-refractivity contribution in [2.24, 2.45) is 0 Å². The van der Waals surface area contributed by atoms with Crippen LogP contribution < -0.4 is 10.4 Å². The van der Waals surface area contributed by atoms with E-state index >= 15 is 0 Å².